The fourth-order valence-electron chi connectivity index (χ4n) is 3.16. The number of benzene rings is 2. The van der Waals surface area contributed by atoms with Gasteiger partial charge in [0.2, 0.25) is 0 Å². The Bertz CT molecular complexity index is 1200. The van der Waals surface area contributed by atoms with E-state index >= 15 is 0 Å². The van der Waals surface area contributed by atoms with Crippen molar-refractivity contribution >= 4 is 0 Å². The topological polar surface area (TPSA) is 125 Å². The maximum absolute atomic E-state index is 10.6. The fourth-order valence-corrected chi connectivity index (χ4v) is 3.16. The van der Waals surface area contributed by atoms with E-state index in [1.54, 1.807) is 13.8 Å². The normalized spacial score (nSPS) is 11.0. The van der Waals surface area contributed by atoms with Gasteiger partial charge < -0.3 is 25.0 Å². The third-order valence-corrected chi connectivity index (χ3v) is 5.09. The van der Waals surface area contributed by atoms with E-state index in [4.69, 9.17) is 0 Å². The molecule has 4 N–H and O–H groups in total. The van der Waals surface area contributed by atoms with Crippen LogP contribution in [0.15, 0.2) is 42.6 Å². The summed E-state index contributed by atoms with van der Waals surface area (Å²) in [5.74, 6) is 0.341. The molecular formula is C22H20N4O4. The lowest BCUT2D eigenvalue weighted by atomic mass is 10.1. The molecule has 0 aliphatic rings. The van der Waals surface area contributed by atoms with Gasteiger partial charge in [-0.1, -0.05) is 0 Å². The Kier molecular flexibility index (Phi) is 4.54. The molecule has 0 saturated heterocycles. The van der Waals surface area contributed by atoms with Gasteiger partial charge in [-0.2, -0.15) is 0 Å². The zero-order valence-electron chi connectivity index (χ0n) is 16.6. The predicted molar refractivity (Wildman–Crippen MR) is 111 cm³/mol. The maximum atomic E-state index is 10.6. The van der Waals surface area contributed by atoms with Gasteiger partial charge in [-0.25, -0.2) is 15.0 Å². The number of hydrogen-bond donors (Lipinski definition) is 4. The number of aryl methyl sites for hydroxylation is 1. The van der Waals surface area contributed by atoms with Crippen molar-refractivity contribution in [3.63, 3.8) is 0 Å². The Morgan fingerprint density at radius 3 is 1.57 bits per heavy atom. The van der Waals surface area contributed by atoms with Gasteiger partial charge in [-0.15, -0.1) is 0 Å². The third kappa shape index (κ3) is 3.08. The van der Waals surface area contributed by atoms with Crippen molar-refractivity contribution in [2.45, 2.75) is 13.8 Å². The first kappa shape index (κ1) is 19.3. The minimum absolute atomic E-state index is 0.0417. The molecule has 0 amide bonds. The van der Waals surface area contributed by atoms with Crippen molar-refractivity contribution < 1.29 is 20.4 Å². The highest BCUT2D eigenvalue weighted by molar-refractivity contribution is 5.74. The molecule has 30 heavy (non-hydrogen) atoms. The number of phenolic OH excluding ortho intramolecular Hbond substituents is 4. The van der Waals surface area contributed by atoms with Gasteiger partial charge in [0.25, 0.3) is 0 Å². The molecule has 0 unspecified atom stereocenters. The molecule has 2 heterocycles. The molecule has 0 bridgehead atoms. The standard InChI is InChI=1S/C22H20N4O4/c1-11-16(27)8-6-13(18(11)29)20-23-21(14-7-9-17(28)12(2)19(14)30)25-22(24-20)15-5-4-10-26(15)3/h4-10,27-30H,1-3H3. The lowest BCUT2D eigenvalue weighted by Gasteiger charge is -2.13. The van der Waals surface area contributed by atoms with Crippen LogP contribution in [0.1, 0.15) is 11.1 Å². The molecule has 4 aromatic rings. The highest BCUT2D eigenvalue weighted by Crippen LogP contribution is 2.38. The second-order valence-electron chi connectivity index (χ2n) is 7.02. The van der Waals surface area contributed by atoms with Gasteiger partial charge in [0.1, 0.15) is 23.0 Å². The molecule has 4 rings (SSSR count). The molecular weight excluding hydrogens is 384 g/mol. The average molecular weight is 404 g/mol. The summed E-state index contributed by atoms with van der Waals surface area (Å²) in [4.78, 5) is 13.5. The molecule has 8 nitrogen and oxygen atoms in total. The summed E-state index contributed by atoms with van der Waals surface area (Å²) < 4.78 is 1.84. The summed E-state index contributed by atoms with van der Waals surface area (Å²) in [7, 11) is 1.85. The maximum Gasteiger partial charge on any atom is 0.180 e. The molecule has 8 heteroatoms. The Hall–Kier alpha value is -4.07. The monoisotopic (exact) mass is 404 g/mol. The van der Waals surface area contributed by atoms with Crippen LogP contribution in [0.4, 0.5) is 0 Å². The van der Waals surface area contributed by atoms with Crippen LogP contribution < -0.4 is 0 Å². The predicted octanol–water partition coefficient (Wildman–Crippen LogP) is 3.65. The third-order valence-electron chi connectivity index (χ3n) is 5.09. The van der Waals surface area contributed by atoms with Crippen LogP contribution in [0.2, 0.25) is 0 Å². The van der Waals surface area contributed by atoms with Gasteiger partial charge in [-0.3, -0.25) is 0 Å². The Balaban J connectivity index is 2.01. The van der Waals surface area contributed by atoms with Gasteiger partial charge in [-0.05, 0) is 50.2 Å². The smallest absolute Gasteiger partial charge is 0.180 e. The largest absolute Gasteiger partial charge is 0.508 e. The summed E-state index contributed by atoms with van der Waals surface area (Å²) >= 11 is 0. The van der Waals surface area contributed by atoms with Crippen LogP contribution in [0.5, 0.6) is 23.0 Å². The first-order valence-electron chi connectivity index (χ1n) is 9.19. The highest BCUT2D eigenvalue weighted by atomic mass is 16.3. The summed E-state index contributed by atoms with van der Waals surface area (Å²) in [6, 6.07) is 9.65. The SMILES string of the molecule is Cc1c(O)ccc(-c2nc(-c3ccc(O)c(C)c3O)nc(-c3cccn3C)n2)c1O. The fraction of sp³-hybridized carbons (Fsp3) is 0.136. The number of phenols is 4. The van der Waals surface area contributed by atoms with Gasteiger partial charge >= 0.3 is 0 Å². The molecule has 152 valence electrons. The Morgan fingerprint density at radius 1 is 0.667 bits per heavy atom. The highest BCUT2D eigenvalue weighted by Gasteiger charge is 2.20. The van der Waals surface area contributed by atoms with E-state index in [9.17, 15) is 20.4 Å². The molecule has 0 radical (unpaired) electrons. The van der Waals surface area contributed by atoms with Crippen molar-refractivity contribution in [1.82, 2.24) is 19.5 Å². The van der Waals surface area contributed by atoms with Crippen LogP contribution in [-0.4, -0.2) is 39.9 Å². The van der Waals surface area contributed by atoms with Crippen LogP contribution in [0.25, 0.3) is 34.3 Å². The zero-order valence-corrected chi connectivity index (χ0v) is 16.6. The van der Waals surface area contributed by atoms with Crippen molar-refractivity contribution in [3.8, 4) is 57.3 Å². The first-order valence-corrected chi connectivity index (χ1v) is 9.19. The van der Waals surface area contributed by atoms with Gasteiger partial charge in [0, 0.05) is 24.4 Å². The van der Waals surface area contributed by atoms with E-state index in [1.165, 1.54) is 24.3 Å². The number of rotatable bonds is 3. The van der Waals surface area contributed by atoms with Crippen LogP contribution in [0, 0.1) is 13.8 Å². The first-order chi connectivity index (χ1) is 14.3. The van der Waals surface area contributed by atoms with E-state index in [2.05, 4.69) is 15.0 Å². The van der Waals surface area contributed by atoms with Crippen molar-refractivity contribution in [3.05, 3.63) is 53.7 Å². The molecule has 2 aromatic carbocycles. The van der Waals surface area contributed by atoms with Crippen LogP contribution in [-0.2, 0) is 7.05 Å². The summed E-state index contributed by atoms with van der Waals surface area (Å²) in [5.41, 5.74) is 1.96. The van der Waals surface area contributed by atoms with Crippen LogP contribution in [0.3, 0.4) is 0 Å². The van der Waals surface area contributed by atoms with Crippen molar-refractivity contribution in [2.75, 3.05) is 0 Å². The van der Waals surface area contributed by atoms with E-state index in [1.807, 2.05) is 29.9 Å². The molecule has 0 spiro atoms. The molecule has 0 saturated carbocycles. The molecule has 0 aliphatic heterocycles. The number of nitrogens with zero attached hydrogens (tertiary/aromatic N) is 4. The van der Waals surface area contributed by atoms with E-state index in [0.717, 1.165) is 0 Å². The van der Waals surface area contributed by atoms with Gasteiger partial charge in [0.05, 0.1) is 16.8 Å². The van der Waals surface area contributed by atoms with E-state index in [0.29, 0.717) is 33.8 Å². The Morgan fingerprint density at radius 2 is 1.13 bits per heavy atom. The number of aromatic nitrogens is 4. The molecule has 0 atom stereocenters. The van der Waals surface area contributed by atoms with E-state index < -0.39 is 0 Å². The van der Waals surface area contributed by atoms with Crippen molar-refractivity contribution in [2.24, 2.45) is 7.05 Å². The minimum atomic E-state index is -0.143. The number of aromatic hydroxyl groups is 4. The number of hydrogen-bond acceptors (Lipinski definition) is 7. The summed E-state index contributed by atoms with van der Waals surface area (Å²) in [6.07, 6.45) is 1.85. The quantitative estimate of drug-likeness (QED) is 0.411. The second kappa shape index (κ2) is 7.07. The summed E-state index contributed by atoms with van der Waals surface area (Å²) in [5, 5.41) is 40.8. The molecule has 0 fully saturated rings. The lowest BCUT2D eigenvalue weighted by Crippen LogP contribution is -2.03. The Labute approximate surface area is 172 Å². The average Bonchev–Trinajstić information content (AvgIpc) is 3.16. The molecule has 2 aromatic heterocycles. The lowest BCUT2D eigenvalue weighted by molar-refractivity contribution is 0.443. The summed E-state index contributed by atoms with van der Waals surface area (Å²) in [6.45, 7) is 3.17. The van der Waals surface area contributed by atoms with Crippen LogP contribution >= 0.6 is 0 Å². The van der Waals surface area contributed by atoms with E-state index in [-0.39, 0.29) is 34.6 Å². The zero-order chi connectivity index (χ0) is 21.6. The minimum Gasteiger partial charge on any atom is -0.508 e. The molecule has 0 aliphatic carbocycles. The second-order valence-corrected chi connectivity index (χ2v) is 7.02. The van der Waals surface area contributed by atoms with Gasteiger partial charge in [0.15, 0.2) is 17.5 Å². The van der Waals surface area contributed by atoms with Crippen molar-refractivity contribution in [1.29, 1.82) is 0 Å².